The Kier molecular flexibility index (Phi) is 6.55. The lowest BCUT2D eigenvalue weighted by molar-refractivity contribution is 0.0495. The molecule has 1 aliphatic heterocycles. The van der Waals surface area contributed by atoms with Crippen LogP contribution < -0.4 is 5.32 Å². The Balaban J connectivity index is 2.14. The summed E-state index contributed by atoms with van der Waals surface area (Å²) in [6.07, 6.45) is 4.79. The quantitative estimate of drug-likeness (QED) is 0.813. The Hall–Kier alpha value is -0.860. The Morgan fingerprint density at radius 2 is 1.85 bits per heavy atom. The minimum Gasteiger partial charge on any atom is -0.381 e. The first-order valence-electron chi connectivity index (χ1n) is 8.22. The normalized spacial score (nSPS) is 19.7. The van der Waals surface area contributed by atoms with E-state index in [1.807, 2.05) is 0 Å². The molecule has 1 N–H and O–H groups in total. The van der Waals surface area contributed by atoms with E-state index in [4.69, 9.17) is 4.74 Å². The summed E-state index contributed by atoms with van der Waals surface area (Å²) in [6, 6.07) is 11.6. The zero-order valence-corrected chi connectivity index (χ0v) is 13.0. The van der Waals surface area contributed by atoms with Crippen molar-refractivity contribution < 1.29 is 4.74 Å². The van der Waals surface area contributed by atoms with Crippen LogP contribution in [0.2, 0.25) is 0 Å². The van der Waals surface area contributed by atoms with Crippen LogP contribution in [-0.2, 0) is 4.74 Å². The zero-order valence-electron chi connectivity index (χ0n) is 13.0. The van der Waals surface area contributed by atoms with Gasteiger partial charge < -0.3 is 10.1 Å². The monoisotopic (exact) mass is 275 g/mol. The summed E-state index contributed by atoms with van der Waals surface area (Å²) in [6.45, 7) is 7.54. The van der Waals surface area contributed by atoms with Gasteiger partial charge in [-0.05, 0) is 49.6 Å². The van der Waals surface area contributed by atoms with Gasteiger partial charge in [-0.15, -0.1) is 0 Å². The van der Waals surface area contributed by atoms with Crippen molar-refractivity contribution in [3.8, 4) is 0 Å². The first kappa shape index (κ1) is 15.5. The number of rotatable bonds is 7. The van der Waals surface area contributed by atoms with Gasteiger partial charge >= 0.3 is 0 Å². The predicted molar refractivity (Wildman–Crippen MR) is 85.1 cm³/mol. The van der Waals surface area contributed by atoms with Crippen LogP contribution in [0, 0.1) is 5.92 Å². The third-order valence-corrected chi connectivity index (χ3v) is 4.50. The minimum absolute atomic E-state index is 0.589. The molecule has 2 nitrogen and oxygen atoms in total. The van der Waals surface area contributed by atoms with E-state index in [1.165, 1.54) is 31.2 Å². The van der Waals surface area contributed by atoms with Crippen molar-refractivity contribution in [1.82, 2.24) is 5.32 Å². The fourth-order valence-electron chi connectivity index (χ4n) is 3.42. The van der Waals surface area contributed by atoms with Crippen LogP contribution in [0.3, 0.4) is 0 Å². The first-order chi connectivity index (χ1) is 9.86. The van der Waals surface area contributed by atoms with E-state index in [9.17, 15) is 0 Å². The van der Waals surface area contributed by atoms with Gasteiger partial charge in [-0.2, -0.15) is 0 Å². The lowest BCUT2D eigenvalue weighted by Crippen LogP contribution is -2.43. The van der Waals surface area contributed by atoms with Gasteiger partial charge in [0.2, 0.25) is 0 Å². The van der Waals surface area contributed by atoms with Gasteiger partial charge in [-0.3, -0.25) is 0 Å². The molecule has 2 rings (SSSR count). The van der Waals surface area contributed by atoms with Gasteiger partial charge in [0.05, 0.1) is 0 Å². The SMILES string of the molecule is CCCNC(C1CCOCC1)C(CC)c1ccccc1. The minimum atomic E-state index is 0.589. The topological polar surface area (TPSA) is 21.3 Å². The second kappa shape index (κ2) is 8.43. The van der Waals surface area contributed by atoms with E-state index < -0.39 is 0 Å². The summed E-state index contributed by atoms with van der Waals surface area (Å²) < 4.78 is 5.55. The highest BCUT2D eigenvalue weighted by Gasteiger charge is 2.30. The summed E-state index contributed by atoms with van der Waals surface area (Å²) in [5.74, 6) is 1.37. The van der Waals surface area contributed by atoms with Crippen LogP contribution in [0.4, 0.5) is 0 Å². The molecule has 0 radical (unpaired) electrons. The van der Waals surface area contributed by atoms with Gasteiger partial charge in [0.1, 0.15) is 0 Å². The molecule has 0 aliphatic carbocycles. The molecule has 0 aromatic heterocycles. The van der Waals surface area contributed by atoms with Crippen molar-refractivity contribution in [1.29, 1.82) is 0 Å². The number of ether oxygens (including phenoxy) is 1. The summed E-state index contributed by atoms with van der Waals surface area (Å²) in [7, 11) is 0. The van der Waals surface area contributed by atoms with E-state index in [1.54, 1.807) is 0 Å². The Labute approximate surface area is 123 Å². The Bertz CT molecular complexity index is 359. The molecular formula is C18H29NO. The average molecular weight is 275 g/mol. The molecule has 1 saturated heterocycles. The molecule has 1 fully saturated rings. The third kappa shape index (κ3) is 4.07. The molecule has 2 unspecified atom stereocenters. The maximum Gasteiger partial charge on any atom is 0.0469 e. The van der Waals surface area contributed by atoms with E-state index in [-0.39, 0.29) is 0 Å². The molecule has 2 atom stereocenters. The van der Waals surface area contributed by atoms with Crippen molar-refractivity contribution in [2.45, 2.75) is 51.5 Å². The van der Waals surface area contributed by atoms with Crippen LogP contribution >= 0.6 is 0 Å². The van der Waals surface area contributed by atoms with Crippen molar-refractivity contribution in [2.75, 3.05) is 19.8 Å². The fraction of sp³-hybridized carbons (Fsp3) is 0.667. The third-order valence-electron chi connectivity index (χ3n) is 4.50. The molecule has 20 heavy (non-hydrogen) atoms. The number of hydrogen-bond acceptors (Lipinski definition) is 2. The van der Waals surface area contributed by atoms with Crippen LogP contribution in [0.1, 0.15) is 51.0 Å². The van der Waals surface area contributed by atoms with Gasteiger partial charge in [0.15, 0.2) is 0 Å². The zero-order chi connectivity index (χ0) is 14.2. The molecule has 0 amide bonds. The van der Waals surface area contributed by atoms with Crippen LogP contribution in [0.25, 0.3) is 0 Å². The lowest BCUT2D eigenvalue weighted by atomic mass is 9.78. The Morgan fingerprint density at radius 1 is 1.15 bits per heavy atom. The van der Waals surface area contributed by atoms with Crippen LogP contribution in [0.5, 0.6) is 0 Å². The molecule has 1 aromatic rings. The average Bonchev–Trinajstić information content (AvgIpc) is 2.53. The molecule has 2 heteroatoms. The second-order valence-corrected chi connectivity index (χ2v) is 5.86. The van der Waals surface area contributed by atoms with E-state index >= 15 is 0 Å². The molecule has 0 bridgehead atoms. The summed E-state index contributed by atoms with van der Waals surface area (Å²) in [4.78, 5) is 0. The highest BCUT2D eigenvalue weighted by Crippen LogP contribution is 2.32. The lowest BCUT2D eigenvalue weighted by Gasteiger charge is -2.36. The van der Waals surface area contributed by atoms with E-state index in [0.717, 1.165) is 25.7 Å². The molecule has 0 saturated carbocycles. The molecule has 112 valence electrons. The largest absolute Gasteiger partial charge is 0.381 e. The summed E-state index contributed by atoms with van der Waals surface area (Å²) >= 11 is 0. The molecule has 0 spiro atoms. The summed E-state index contributed by atoms with van der Waals surface area (Å²) in [5, 5.41) is 3.83. The standard InChI is InChI=1S/C18H29NO/c1-3-12-19-18(16-10-13-20-14-11-16)17(4-2)15-8-6-5-7-9-15/h5-9,16-19H,3-4,10-14H2,1-2H3. The predicted octanol–water partition coefficient (Wildman–Crippen LogP) is 3.98. The fourth-order valence-corrected chi connectivity index (χ4v) is 3.42. The smallest absolute Gasteiger partial charge is 0.0469 e. The maximum atomic E-state index is 5.55. The molecular weight excluding hydrogens is 246 g/mol. The van der Waals surface area contributed by atoms with Gasteiger partial charge in [-0.1, -0.05) is 44.2 Å². The second-order valence-electron chi connectivity index (χ2n) is 5.86. The molecule has 1 heterocycles. The van der Waals surface area contributed by atoms with Crippen molar-refractivity contribution >= 4 is 0 Å². The highest BCUT2D eigenvalue weighted by atomic mass is 16.5. The van der Waals surface area contributed by atoms with E-state index in [0.29, 0.717) is 12.0 Å². The first-order valence-corrected chi connectivity index (χ1v) is 8.22. The summed E-state index contributed by atoms with van der Waals surface area (Å²) in [5.41, 5.74) is 1.48. The Morgan fingerprint density at radius 3 is 2.45 bits per heavy atom. The number of nitrogens with one attached hydrogen (secondary N) is 1. The van der Waals surface area contributed by atoms with Crippen molar-refractivity contribution in [3.05, 3.63) is 35.9 Å². The van der Waals surface area contributed by atoms with Gasteiger partial charge in [0, 0.05) is 19.3 Å². The molecule has 1 aromatic carbocycles. The van der Waals surface area contributed by atoms with E-state index in [2.05, 4.69) is 49.5 Å². The van der Waals surface area contributed by atoms with Crippen molar-refractivity contribution in [2.24, 2.45) is 5.92 Å². The van der Waals surface area contributed by atoms with Gasteiger partial charge in [0.25, 0.3) is 0 Å². The maximum absolute atomic E-state index is 5.55. The molecule has 1 aliphatic rings. The number of hydrogen-bond donors (Lipinski definition) is 1. The van der Waals surface area contributed by atoms with Crippen LogP contribution in [-0.4, -0.2) is 25.8 Å². The number of benzene rings is 1. The van der Waals surface area contributed by atoms with Gasteiger partial charge in [-0.25, -0.2) is 0 Å². The van der Waals surface area contributed by atoms with Crippen LogP contribution in [0.15, 0.2) is 30.3 Å². The highest BCUT2D eigenvalue weighted by molar-refractivity contribution is 5.21. The van der Waals surface area contributed by atoms with Crippen molar-refractivity contribution in [3.63, 3.8) is 0 Å².